The molecule has 0 saturated carbocycles. The molecular formula is C14H21O4P. The van der Waals surface area contributed by atoms with Gasteiger partial charge < -0.3 is 9.26 Å². The van der Waals surface area contributed by atoms with Crippen molar-refractivity contribution in [3.05, 3.63) is 30.3 Å². The van der Waals surface area contributed by atoms with Gasteiger partial charge in [0.25, 0.3) is 0 Å². The van der Waals surface area contributed by atoms with Crippen molar-refractivity contribution in [2.24, 2.45) is 0 Å². The molecule has 0 N–H and O–H groups in total. The summed E-state index contributed by atoms with van der Waals surface area (Å²) < 4.78 is 23.7. The third-order valence-electron chi connectivity index (χ3n) is 2.71. The first-order chi connectivity index (χ1) is 9.00. The van der Waals surface area contributed by atoms with Crippen molar-refractivity contribution in [3.63, 3.8) is 0 Å². The fourth-order valence-corrected chi connectivity index (χ4v) is 3.88. The zero-order chi connectivity index (χ0) is 14.3. The summed E-state index contributed by atoms with van der Waals surface area (Å²) >= 11 is 0. The molecule has 0 amide bonds. The predicted octanol–water partition coefficient (Wildman–Crippen LogP) is 2.97. The van der Waals surface area contributed by atoms with Crippen molar-refractivity contribution in [1.29, 1.82) is 0 Å². The van der Waals surface area contributed by atoms with Crippen molar-refractivity contribution < 1.29 is 18.6 Å². The Kier molecular flexibility index (Phi) is 6.26. The maximum absolute atomic E-state index is 13.1. The maximum Gasteiger partial charge on any atom is 0.302 e. The molecule has 0 aliphatic carbocycles. The largest absolute Gasteiger partial charge is 0.465 e. The first kappa shape index (κ1) is 15.9. The van der Waals surface area contributed by atoms with Crippen molar-refractivity contribution in [2.45, 2.75) is 32.9 Å². The third kappa shape index (κ3) is 4.48. The van der Waals surface area contributed by atoms with E-state index >= 15 is 0 Å². The minimum absolute atomic E-state index is 0.102. The third-order valence-corrected chi connectivity index (χ3v) is 5.61. The normalized spacial score (nSPS) is 15.5. The minimum Gasteiger partial charge on any atom is -0.465 e. The van der Waals surface area contributed by atoms with Gasteiger partial charge in [-0.25, -0.2) is 0 Å². The van der Waals surface area contributed by atoms with Gasteiger partial charge in [-0.1, -0.05) is 25.1 Å². The summed E-state index contributed by atoms with van der Waals surface area (Å²) in [4.78, 5) is 10.9. The average Bonchev–Trinajstić information content (AvgIpc) is 2.43. The van der Waals surface area contributed by atoms with E-state index in [1.807, 2.05) is 25.1 Å². The molecule has 106 valence electrons. The first-order valence-corrected chi connectivity index (χ1v) is 8.13. The van der Waals surface area contributed by atoms with Crippen LogP contribution in [-0.2, 0) is 18.6 Å². The Morgan fingerprint density at radius 3 is 2.47 bits per heavy atom. The molecule has 4 nitrogen and oxygen atoms in total. The molecule has 0 aromatic heterocycles. The monoisotopic (exact) mass is 284 g/mol. The Balaban J connectivity index is 2.92. The van der Waals surface area contributed by atoms with E-state index in [1.165, 1.54) is 6.92 Å². The van der Waals surface area contributed by atoms with Crippen LogP contribution in [0.15, 0.2) is 30.3 Å². The van der Waals surface area contributed by atoms with Gasteiger partial charge in [-0.2, -0.15) is 0 Å². The van der Waals surface area contributed by atoms with Gasteiger partial charge in [0.2, 0.25) is 7.37 Å². The van der Waals surface area contributed by atoms with Crippen LogP contribution in [0, 0.1) is 0 Å². The molecule has 2 unspecified atom stereocenters. The van der Waals surface area contributed by atoms with E-state index in [1.54, 1.807) is 19.1 Å². The molecule has 0 fully saturated rings. The predicted molar refractivity (Wildman–Crippen MR) is 76.0 cm³/mol. The molecule has 1 rings (SSSR count). The van der Waals surface area contributed by atoms with E-state index in [0.29, 0.717) is 11.9 Å². The summed E-state index contributed by atoms with van der Waals surface area (Å²) in [5.41, 5.74) is -0.356. The van der Waals surface area contributed by atoms with Crippen molar-refractivity contribution >= 4 is 18.6 Å². The Labute approximate surface area is 114 Å². The van der Waals surface area contributed by atoms with Crippen LogP contribution in [0.5, 0.6) is 0 Å². The van der Waals surface area contributed by atoms with Crippen LogP contribution in [0.25, 0.3) is 0 Å². The second kappa shape index (κ2) is 7.46. The lowest BCUT2D eigenvalue weighted by atomic mass is 10.4. The van der Waals surface area contributed by atoms with Crippen LogP contribution >= 0.6 is 7.37 Å². The van der Waals surface area contributed by atoms with E-state index in [4.69, 9.17) is 9.26 Å². The second-order valence-corrected chi connectivity index (χ2v) is 7.27. The highest BCUT2D eigenvalue weighted by Gasteiger charge is 2.33. The SMILES string of the molecule is CCCOP(=O)(c1ccccc1)C(C)COC(C)=O. The molecule has 19 heavy (non-hydrogen) atoms. The van der Waals surface area contributed by atoms with E-state index < -0.39 is 7.37 Å². The molecule has 5 heteroatoms. The summed E-state index contributed by atoms with van der Waals surface area (Å²) in [6.45, 7) is 5.62. The van der Waals surface area contributed by atoms with E-state index in [-0.39, 0.29) is 18.2 Å². The van der Waals surface area contributed by atoms with Crippen LogP contribution in [0.3, 0.4) is 0 Å². The van der Waals surface area contributed by atoms with Crippen molar-refractivity contribution in [3.8, 4) is 0 Å². The summed E-state index contributed by atoms with van der Waals surface area (Å²) in [7, 11) is -3.01. The summed E-state index contributed by atoms with van der Waals surface area (Å²) in [6.07, 6.45) is 0.789. The molecule has 0 spiro atoms. The van der Waals surface area contributed by atoms with Crippen LogP contribution in [0.2, 0.25) is 0 Å². The van der Waals surface area contributed by atoms with Crippen molar-refractivity contribution in [2.75, 3.05) is 13.2 Å². The van der Waals surface area contributed by atoms with E-state index in [9.17, 15) is 9.36 Å². The molecule has 0 aliphatic heterocycles. The quantitative estimate of drug-likeness (QED) is 0.570. The van der Waals surface area contributed by atoms with Crippen LogP contribution in [0.4, 0.5) is 0 Å². The van der Waals surface area contributed by atoms with Crippen molar-refractivity contribution in [1.82, 2.24) is 0 Å². The Morgan fingerprint density at radius 1 is 1.32 bits per heavy atom. The maximum atomic E-state index is 13.1. The lowest BCUT2D eigenvalue weighted by molar-refractivity contribution is -0.140. The molecule has 0 heterocycles. The van der Waals surface area contributed by atoms with Gasteiger partial charge in [-0.15, -0.1) is 0 Å². The molecule has 0 bridgehead atoms. The molecule has 0 radical (unpaired) electrons. The summed E-state index contributed by atoms with van der Waals surface area (Å²) in [5, 5.41) is 0.670. The van der Waals surface area contributed by atoms with Gasteiger partial charge in [0.05, 0.1) is 12.3 Å². The molecule has 1 aromatic carbocycles. The van der Waals surface area contributed by atoms with Gasteiger partial charge in [-0.05, 0) is 25.5 Å². The molecule has 1 aromatic rings. The highest BCUT2D eigenvalue weighted by Crippen LogP contribution is 2.50. The number of rotatable bonds is 7. The fraction of sp³-hybridized carbons (Fsp3) is 0.500. The Bertz CT molecular complexity index is 444. The number of esters is 1. The Hall–Kier alpha value is -1.12. The average molecular weight is 284 g/mol. The van der Waals surface area contributed by atoms with Crippen LogP contribution < -0.4 is 5.30 Å². The number of carbonyl (C=O) groups is 1. The topological polar surface area (TPSA) is 52.6 Å². The number of hydrogen-bond donors (Lipinski definition) is 0. The Morgan fingerprint density at radius 2 is 1.95 bits per heavy atom. The molecule has 2 atom stereocenters. The van der Waals surface area contributed by atoms with Gasteiger partial charge in [-0.3, -0.25) is 9.36 Å². The lowest BCUT2D eigenvalue weighted by Crippen LogP contribution is -2.23. The minimum atomic E-state index is -3.01. The zero-order valence-electron chi connectivity index (χ0n) is 11.7. The smallest absolute Gasteiger partial charge is 0.302 e. The van der Waals surface area contributed by atoms with E-state index in [2.05, 4.69) is 0 Å². The van der Waals surface area contributed by atoms with E-state index in [0.717, 1.165) is 6.42 Å². The standard InChI is InChI=1S/C14H21O4P/c1-4-10-18-19(16,12(2)11-17-13(3)15)14-8-6-5-7-9-14/h5-9,12H,4,10-11H2,1-3H3. The zero-order valence-corrected chi connectivity index (χ0v) is 12.6. The van der Waals surface area contributed by atoms with Gasteiger partial charge in [0.1, 0.15) is 6.61 Å². The van der Waals surface area contributed by atoms with Crippen LogP contribution in [0.1, 0.15) is 27.2 Å². The first-order valence-electron chi connectivity index (χ1n) is 6.44. The number of hydrogen-bond acceptors (Lipinski definition) is 4. The number of ether oxygens (including phenoxy) is 1. The van der Waals surface area contributed by atoms with Crippen LogP contribution in [-0.4, -0.2) is 24.8 Å². The number of carbonyl (C=O) groups excluding carboxylic acids is 1. The summed E-state index contributed by atoms with van der Waals surface area (Å²) in [6, 6.07) is 9.11. The fourth-order valence-electron chi connectivity index (χ4n) is 1.66. The van der Waals surface area contributed by atoms with Gasteiger partial charge >= 0.3 is 5.97 Å². The van der Waals surface area contributed by atoms with Gasteiger partial charge in [0.15, 0.2) is 0 Å². The summed E-state index contributed by atoms with van der Waals surface area (Å²) in [5.74, 6) is -0.373. The molecule has 0 aliphatic rings. The second-order valence-electron chi connectivity index (χ2n) is 4.42. The lowest BCUT2D eigenvalue weighted by Gasteiger charge is -2.24. The number of benzene rings is 1. The molecule has 0 saturated heterocycles. The highest BCUT2D eigenvalue weighted by atomic mass is 31.2. The highest BCUT2D eigenvalue weighted by molar-refractivity contribution is 7.67. The van der Waals surface area contributed by atoms with Gasteiger partial charge in [0, 0.05) is 12.2 Å². The molecular weight excluding hydrogens is 263 g/mol.